The number of hydrogen-bond acceptors (Lipinski definition) is 6. The van der Waals surface area contributed by atoms with Gasteiger partial charge in [0.2, 0.25) is 17.6 Å². The van der Waals surface area contributed by atoms with Crippen LogP contribution < -0.4 is 10.1 Å². The lowest BCUT2D eigenvalue weighted by Gasteiger charge is -2.30. The molecule has 1 saturated heterocycles. The van der Waals surface area contributed by atoms with Crippen LogP contribution in [-0.4, -0.2) is 40.6 Å². The quantitative estimate of drug-likeness (QED) is 0.494. The highest BCUT2D eigenvalue weighted by atomic mass is 35.5. The van der Waals surface area contributed by atoms with Crippen LogP contribution in [0.2, 0.25) is 5.02 Å². The molecule has 1 N–H and O–H groups in total. The van der Waals surface area contributed by atoms with Crippen LogP contribution in [0.25, 0.3) is 11.4 Å². The Bertz CT molecular complexity index is 1070. The number of piperidine rings is 1. The largest absolute Gasteiger partial charge is 0.489 e. The third kappa shape index (κ3) is 5.75. The van der Waals surface area contributed by atoms with Gasteiger partial charge >= 0.3 is 0 Å². The average Bonchev–Trinajstić information content (AvgIpc) is 3.27. The summed E-state index contributed by atoms with van der Waals surface area (Å²) in [6.45, 7) is 6.09. The SMILES string of the molecule is C=CCOc1cccc(NC(=O)C2CCCN(Cc3nc(-c4ccc(Cl)cc4)no3)C2)c1. The first-order valence-electron chi connectivity index (χ1n) is 10.6. The van der Waals surface area contributed by atoms with Gasteiger partial charge in [-0.15, -0.1) is 0 Å². The lowest BCUT2D eigenvalue weighted by Crippen LogP contribution is -2.40. The van der Waals surface area contributed by atoms with Gasteiger partial charge in [0.1, 0.15) is 12.4 Å². The Hall–Kier alpha value is -3.16. The number of carbonyl (C=O) groups is 1. The molecular weight excluding hydrogens is 428 g/mol. The van der Waals surface area contributed by atoms with Crippen molar-refractivity contribution in [2.45, 2.75) is 19.4 Å². The molecule has 166 valence electrons. The normalized spacial score (nSPS) is 16.5. The summed E-state index contributed by atoms with van der Waals surface area (Å²) >= 11 is 5.94. The molecular formula is C24H25ClN4O3. The van der Waals surface area contributed by atoms with E-state index in [0.717, 1.165) is 30.6 Å². The molecule has 1 aromatic heterocycles. The number of aromatic nitrogens is 2. The van der Waals surface area contributed by atoms with Gasteiger partial charge in [0.05, 0.1) is 12.5 Å². The second-order valence-corrected chi connectivity index (χ2v) is 8.15. The van der Waals surface area contributed by atoms with Gasteiger partial charge in [-0.25, -0.2) is 0 Å². The number of halogens is 1. The van der Waals surface area contributed by atoms with Crippen molar-refractivity contribution in [3.05, 3.63) is 72.1 Å². The maximum absolute atomic E-state index is 12.9. The minimum Gasteiger partial charge on any atom is -0.489 e. The standard InChI is InChI=1S/C24H25ClN4O3/c1-2-13-31-21-7-3-6-20(14-21)26-24(30)18-5-4-12-29(15-18)16-22-27-23(28-32-22)17-8-10-19(25)11-9-17/h2-3,6-11,14,18H,1,4-5,12-13,15-16H2,(H,26,30). The van der Waals surface area contributed by atoms with Crippen LogP contribution in [0.4, 0.5) is 5.69 Å². The molecule has 0 radical (unpaired) electrons. The topological polar surface area (TPSA) is 80.5 Å². The second-order valence-electron chi connectivity index (χ2n) is 7.71. The Morgan fingerprint density at radius 3 is 2.97 bits per heavy atom. The molecule has 2 heterocycles. The van der Waals surface area contributed by atoms with Crippen LogP contribution in [0.1, 0.15) is 18.7 Å². The minimum absolute atomic E-state index is 0.00273. The van der Waals surface area contributed by atoms with E-state index < -0.39 is 0 Å². The molecule has 1 amide bonds. The highest BCUT2D eigenvalue weighted by molar-refractivity contribution is 6.30. The summed E-state index contributed by atoms with van der Waals surface area (Å²) in [4.78, 5) is 19.5. The van der Waals surface area contributed by atoms with Gasteiger partial charge in [0.15, 0.2) is 0 Å². The summed E-state index contributed by atoms with van der Waals surface area (Å²) in [5.41, 5.74) is 1.57. The second kappa shape index (κ2) is 10.4. The van der Waals surface area contributed by atoms with Gasteiger partial charge in [-0.05, 0) is 55.8 Å². The molecule has 2 aromatic carbocycles. The predicted octanol–water partition coefficient (Wildman–Crippen LogP) is 4.81. The van der Waals surface area contributed by atoms with Crippen LogP contribution in [0.15, 0.2) is 65.7 Å². The van der Waals surface area contributed by atoms with Crippen LogP contribution in [0.3, 0.4) is 0 Å². The fourth-order valence-electron chi connectivity index (χ4n) is 3.70. The van der Waals surface area contributed by atoms with E-state index >= 15 is 0 Å². The number of carbonyl (C=O) groups excluding carboxylic acids is 1. The van der Waals surface area contributed by atoms with Gasteiger partial charge in [-0.2, -0.15) is 4.98 Å². The zero-order valence-electron chi connectivity index (χ0n) is 17.7. The van der Waals surface area contributed by atoms with Crippen molar-refractivity contribution in [2.24, 2.45) is 5.92 Å². The summed E-state index contributed by atoms with van der Waals surface area (Å²) < 4.78 is 11.0. The molecule has 1 atom stereocenters. The highest BCUT2D eigenvalue weighted by Crippen LogP contribution is 2.23. The first-order chi connectivity index (χ1) is 15.6. The Morgan fingerprint density at radius 2 is 2.16 bits per heavy atom. The van der Waals surface area contributed by atoms with E-state index in [9.17, 15) is 4.79 Å². The maximum atomic E-state index is 12.9. The Morgan fingerprint density at radius 1 is 1.31 bits per heavy atom. The zero-order valence-corrected chi connectivity index (χ0v) is 18.4. The van der Waals surface area contributed by atoms with Gasteiger partial charge in [0, 0.05) is 28.9 Å². The molecule has 0 aliphatic carbocycles. The summed E-state index contributed by atoms with van der Waals surface area (Å²) in [5.74, 6) is 1.65. The van der Waals surface area contributed by atoms with Gasteiger partial charge in [-0.1, -0.05) is 35.5 Å². The first-order valence-corrected chi connectivity index (χ1v) is 10.9. The van der Waals surface area contributed by atoms with Gasteiger partial charge in [-0.3, -0.25) is 9.69 Å². The fourth-order valence-corrected chi connectivity index (χ4v) is 3.83. The number of nitrogens with zero attached hydrogens (tertiary/aromatic N) is 3. The molecule has 0 bridgehead atoms. The first kappa shape index (κ1) is 22.0. The number of nitrogens with one attached hydrogen (secondary N) is 1. The lowest BCUT2D eigenvalue weighted by atomic mass is 9.97. The molecule has 32 heavy (non-hydrogen) atoms. The van der Waals surface area contributed by atoms with Crippen LogP contribution in [0.5, 0.6) is 5.75 Å². The number of anilines is 1. The van der Waals surface area contributed by atoms with E-state index in [0.29, 0.717) is 42.2 Å². The molecule has 1 aliphatic rings. The molecule has 0 saturated carbocycles. The molecule has 0 spiro atoms. The van der Waals surface area contributed by atoms with E-state index in [4.69, 9.17) is 20.9 Å². The Balaban J connectivity index is 1.34. The summed E-state index contributed by atoms with van der Waals surface area (Å²) in [5, 5.41) is 7.74. The highest BCUT2D eigenvalue weighted by Gasteiger charge is 2.27. The Labute approximate surface area is 192 Å². The van der Waals surface area contributed by atoms with Crippen LogP contribution in [0, 0.1) is 5.92 Å². The Kier molecular flexibility index (Phi) is 7.19. The zero-order chi connectivity index (χ0) is 22.3. The number of amides is 1. The number of rotatable bonds is 8. The van der Waals surface area contributed by atoms with Gasteiger partial charge < -0.3 is 14.6 Å². The molecule has 1 unspecified atom stereocenters. The average molecular weight is 453 g/mol. The molecule has 7 nitrogen and oxygen atoms in total. The maximum Gasteiger partial charge on any atom is 0.241 e. The van der Waals surface area contributed by atoms with Crippen molar-refractivity contribution in [2.75, 3.05) is 25.0 Å². The van der Waals surface area contributed by atoms with Crippen molar-refractivity contribution in [1.29, 1.82) is 0 Å². The lowest BCUT2D eigenvalue weighted by molar-refractivity contribution is -0.121. The smallest absolute Gasteiger partial charge is 0.241 e. The van der Waals surface area contributed by atoms with Crippen molar-refractivity contribution < 1.29 is 14.1 Å². The third-order valence-corrected chi connectivity index (χ3v) is 5.53. The third-order valence-electron chi connectivity index (χ3n) is 5.28. The summed E-state index contributed by atoms with van der Waals surface area (Å²) in [6, 6.07) is 14.7. The summed E-state index contributed by atoms with van der Waals surface area (Å²) in [7, 11) is 0. The predicted molar refractivity (Wildman–Crippen MR) is 124 cm³/mol. The molecule has 1 aliphatic heterocycles. The van der Waals surface area contributed by atoms with E-state index in [1.807, 2.05) is 36.4 Å². The number of ether oxygens (including phenoxy) is 1. The molecule has 8 heteroatoms. The number of hydrogen-bond donors (Lipinski definition) is 1. The summed E-state index contributed by atoms with van der Waals surface area (Å²) in [6.07, 6.45) is 3.46. The van der Waals surface area contributed by atoms with E-state index in [2.05, 4.69) is 26.9 Å². The molecule has 1 fully saturated rings. The fraction of sp³-hybridized carbons (Fsp3) is 0.292. The van der Waals surface area contributed by atoms with Crippen molar-refractivity contribution in [3.8, 4) is 17.1 Å². The van der Waals surface area contributed by atoms with Gasteiger partial charge in [0.25, 0.3) is 0 Å². The van der Waals surface area contributed by atoms with Crippen LogP contribution >= 0.6 is 11.6 Å². The van der Waals surface area contributed by atoms with E-state index in [1.165, 1.54) is 0 Å². The number of benzene rings is 2. The molecule has 4 rings (SSSR count). The van der Waals surface area contributed by atoms with E-state index in [-0.39, 0.29) is 11.8 Å². The monoisotopic (exact) mass is 452 g/mol. The number of likely N-dealkylation sites (tertiary alicyclic amines) is 1. The van der Waals surface area contributed by atoms with Crippen molar-refractivity contribution in [3.63, 3.8) is 0 Å². The van der Waals surface area contributed by atoms with Crippen LogP contribution in [-0.2, 0) is 11.3 Å². The van der Waals surface area contributed by atoms with E-state index in [1.54, 1.807) is 18.2 Å². The minimum atomic E-state index is -0.111. The van der Waals surface area contributed by atoms with Crippen molar-refractivity contribution >= 4 is 23.2 Å². The molecule has 3 aromatic rings. The van der Waals surface area contributed by atoms with Crippen molar-refractivity contribution in [1.82, 2.24) is 15.0 Å².